The number of aryl methyl sites for hydroxylation is 1. The topological polar surface area (TPSA) is 48.5 Å². The third-order valence-electron chi connectivity index (χ3n) is 6.22. The van der Waals surface area contributed by atoms with Gasteiger partial charge in [-0.2, -0.15) is 0 Å². The van der Waals surface area contributed by atoms with Crippen LogP contribution in [0.2, 0.25) is 0 Å². The maximum atomic E-state index is 12.3. The lowest BCUT2D eigenvalue weighted by molar-refractivity contribution is -0.125. The summed E-state index contributed by atoms with van der Waals surface area (Å²) in [7, 11) is 0. The number of thiazole rings is 1. The molecule has 0 radical (unpaired) electrons. The highest BCUT2D eigenvalue weighted by Gasteiger charge is 2.22. The zero-order valence-corrected chi connectivity index (χ0v) is 17.8. The molecule has 0 bridgehead atoms. The molecule has 2 aromatic rings. The highest BCUT2D eigenvalue weighted by molar-refractivity contribution is 7.22. The summed E-state index contributed by atoms with van der Waals surface area (Å²) in [6, 6.07) is 6.51. The maximum Gasteiger partial charge on any atom is 0.223 e. The molecule has 152 valence electrons. The Hall–Kier alpha value is -1.66. The summed E-state index contributed by atoms with van der Waals surface area (Å²) in [5.74, 6) is 0.539. The molecule has 2 fully saturated rings. The van der Waals surface area contributed by atoms with Gasteiger partial charge in [0.1, 0.15) is 0 Å². The minimum absolute atomic E-state index is 0.262. The molecule has 0 spiro atoms. The van der Waals surface area contributed by atoms with Crippen molar-refractivity contribution in [3.63, 3.8) is 0 Å². The normalized spacial score (nSPS) is 19.2. The fraction of sp³-hybridized carbons (Fsp3) is 0.636. The molecule has 2 heterocycles. The molecule has 1 saturated carbocycles. The van der Waals surface area contributed by atoms with Crippen molar-refractivity contribution >= 4 is 32.6 Å². The number of para-hydroxylation sites is 1. The van der Waals surface area contributed by atoms with E-state index in [1.165, 1.54) is 35.0 Å². The summed E-state index contributed by atoms with van der Waals surface area (Å²) in [5.41, 5.74) is 2.52. The summed E-state index contributed by atoms with van der Waals surface area (Å²) in [6.07, 6.45) is 6.90. The molecule has 1 saturated heterocycles. The predicted molar refractivity (Wildman–Crippen MR) is 117 cm³/mol. The Morgan fingerprint density at radius 1 is 1.18 bits per heavy atom. The fourth-order valence-electron chi connectivity index (χ4n) is 4.42. The molecule has 5 nitrogen and oxygen atoms in total. The number of benzene rings is 1. The third-order valence-corrected chi connectivity index (χ3v) is 7.30. The molecule has 6 heteroatoms. The lowest BCUT2D eigenvalue weighted by atomic mass is 9.89. The van der Waals surface area contributed by atoms with Crippen LogP contribution in [0.3, 0.4) is 0 Å². The number of nitrogens with zero attached hydrogens (tertiary/aromatic N) is 3. The summed E-state index contributed by atoms with van der Waals surface area (Å²) < 4.78 is 1.29. The van der Waals surface area contributed by atoms with E-state index in [4.69, 9.17) is 4.98 Å². The van der Waals surface area contributed by atoms with Gasteiger partial charge >= 0.3 is 0 Å². The van der Waals surface area contributed by atoms with Gasteiger partial charge in [0.15, 0.2) is 5.13 Å². The van der Waals surface area contributed by atoms with E-state index in [-0.39, 0.29) is 11.8 Å². The number of fused-ring (bicyclic) bond motifs is 1. The average Bonchev–Trinajstić information content (AvgIpc) is 3.19. The van der Waals surface area contributed by atoms with Crippen molar-refractivity contribution in [2.75, 3.05) is 44.2 Å². The van der Waals surface area contributed by atoms with Crippen molar-refractivity contribution in [3.05, 3.63) is 23.8 Å². The first kappa shape index (κ1) is 19.6. The minimum atomic E-state index is 0.262. The van der Waals surface area contributed by atoms with Crippen LogP contribution in [0.15, 0.2) is 18.2 Å². The van der Waals surface area contributed by atoms with Gasteiger partial charge in [-0.15, -0.1) is 0 Å². The summed E-state index contributed by atoms with van der Waals surface area (Å²) in [6.45, 7) is 8.02. The molecule has 28 heavy (non-hydrogen) atoms. The van der Waals surface area contributed by atoms with Crippen molar-refractivity contribution in [2.45, 2.75) is 45.4 Å². The van der Waals surface area contributed by atoms with Crippen LogP contribution in [0, 0.1) is 5.92 Å². The minimum Gasteiger partial charge on any atom is -0.355 e. The van der Waals surface area contributed by atoms with Crippen molar-refractivity contribution in [1.29, 1.82) is 0 Å². The van der Waals surface area contributed by atoms with Gasteiger partial charge in [0.25, 0.3) is 0 Å². The van der Waals surface area contributed by atoms with Crippen molar-refractivity contribution in [1.82, 2.24) is 15.2 Å². The Labute approximate surface area is 172 Å². The smallest absolute Gasteiger partial charge is 0.223 e. The van der Waals surface area contributed by atoms with Gasteiger partial charge in [-0.3, -0.25) is 9.69 Å². The van der Waals surface area contributed by atoms with Crippen molar-refractivity contribution < 1.29 is 4.79 Å². The number of hydrogen-bond acceptors (Lipinski definition) is 5. The monoisotopic (exact) mass is 400 g/mol. The predicted octanol–water partition coefficient (Wildman–Crippen LogP) is 3.68. The lowest BCUT2D eigenvalue weighted by Crippen LogP contribution is -2.48. The molecule has 1 aromatic heterocycles. The van der Waals surface area contributed by atoms with E-state index in [1.807, 2.05) is 11.3 Å². The van der Waals surface area contributed by atoms with Crippen molar-refractivity contribution in [3.8, 4) is 0 Å². The molecule has 0 atom stereocenters. The Kier molecular flexibility index (Phi) is 6.47. The molecule has 1 aliphatic carbocycles. The van der Waals surface area contributed by atoms with Gasteiger partial charge in [0.05, 0.1) is 10.2 Å². The van der Waals surface area contributed by atoms with Crippen LogP contribution in [0.5, 0.6) is 0 Å². The first-order valence-corrected chi connectivity index (χ1v) is 11.7. The summed E-state index contributed by atoms with van der Waals surface area (Å²) in [4.78, 5) is 22.1. The standard InChI is InChI=1S/C22H32N4OS/c1-2-17-9-6-10-19-20(17)24-22(28-19)26-15-13-25(14-16-26)12-11-23-21(27)18-7-4-3-5-8-18/h6,9-10,18H,2-5,7-8,11-16H2,1H3,(H,23,27). The SMILES string of the molecule is CCc1cccc2sc(N3CCN(CCNC(=O)C4CCCCC4)CC3)nc12. The Morgan fingerprint density at radius 2 is 1.96 bits per heavy atom. The third kappa shape index (κ3) is 4.49. The van der Waals surface area contributed by atoms with Gasteiger partial charge in [0, 0.05) is 45.2 Å². The zero-order valence-electron chi connectivity index (χ0n) is 17.0. The van der Waals surface area contributed by atoms with Gasteiger partial charge < -0.3 is 10.2 Å². The van der Waals surface area contributed by atoms with Gasteiger partial charge in [-0.1, -0.05) is 49.7 Å². The first-order valence-electron chi connectivity index (χ1n) is 10.9. The Balaban J connectivity index is 1.24. The summed E-state index contributed by atoms with van der Waals surface area (Å²) >= 11 is 1.81. The van der Waals surface area contributed by atoms with Crippen LogP contribution >= 0.6 is 11.3 Å². The second-order valence-electron chi connectivity index (χ2n) is 8.07. The van der Waals surface area contributed by atoms with Crippen LogP contribution in [0.25, 0.3) is 10.2 Å². The van der Waals surface area contributed by atoms with Crippen molar-refractivity contribution in [2.24, 2.45) is 5.92 Å². The number of carbonyl (C=O) groups excluding carboxylic acids is 1. The molecule has 1 N–H and O–H groups in total. The maximum absolute atomic E-state index is 12.3. The molecule has 2 aliphatic rings. The molecule has 1 amide bonds. The Bertz CT molecular complexity index is 791. The van der Waals surface area contributed by atoms with Crippen LogP contribution in [0.1, 0.15) is 44.6 Å². The van der Waals surface area contributed by atoms with E-state index in [0.717, 1.165) is 63.7 Å². The number of rotatable bonds is 6. The number of piperazine rings is 1. The molecule has 4 rings (SSSR count). The average molecular weight is 401 g/mol. The first-order chi connectivity index (χ1) is 13.7. The largest absolute Gasteiger partial charge is 0.355 e. The number of aromatic nitrogens is 1. The second kappa shape index (κ2) is 9.23. The van der Waals surface area contributed by atoms with E-state index in [9.17, 15) is 4.79 Å². The molecule has 0 unspecified atom stereocenters. The summed E-state index contributed by atoms with van der Waals surface area (Å²) in [5, 5.41) is 4.32. The van der Waals surface area contributed by atoms with Crippen LogP contribution in [0.4, 0.5) is 5.13 Å². The molecule has 1 aromatic carbocycles. The lowest BCUT2D eigenvalue weighted by Gasteiger charge is -2.34. The highest BCUT2D eigenvalue weighted by Crippen LogP contribution is 2.31. The molecular formula is C22H32N4OS. The van der Waals surface area contributed by atoms with E-state index in [0.29, 0.717) is 0 Å². The van der Waals surface area contributed by atoms with E-state index >= 15 is 0 Å². The van der Waals surface area contributed by atoms with E-state index in [1.54, 1.807) is 0 Å². The van der Waals surface area contributed by atoms with Crippen LogP contribution in [-0.2, 0) is 11.2 Å². The van der Waals surface area contributed by atoms with Gasteiger partial charge in [0.2, 0.25) is 5.91 Å². The second-order valence-corrected chi connectivity index (χ2v) is 9.08. The molecule has 1 aliphatic heterocycles. The molecular weight excluding hydrogens is 368 g/mol. The zero-order chi connectivity index (χ0) is 19.3. The van der Waals surface area contributed by atoms with Crippen LogP contribution in [-0.4, -0.2) is 55.1 Å². The number of amides is 1. The Morgan fingerprint density at radius 3 is 2.71 bits per heavy atom. The fourth-order valence-corrected chi connectivity index (χ4v) is 5.49. The van der Waals surface area contributed by atoms with E-state index < -0.39 is 0 Å². The number of anilines is 1. The van der Waals surface area contributed by atoms with E-state index in [2.05, 4.69) is 40.2 Å². The number of hydrogen-bond donors (Lipinski definition) is 1. The number of nitrogens with one attached hydrogen (secondary N) is 1. The highest BCUT2D eigenvalue weighted by atomic mass is 32.1. The van der Waals surface area contributed by atoms with Gasteiger partial charge in [-0.25, -0.2) is 4.98 Å². The van der Waals surface area contributed by atoms with Crippen LogP contribution < -0.4 is 10.2 Å². The number of carbonyl (C=O) groups is 1. The quantitative estimate of drug-likeness (QED) is 0.804. The van der Waals surface area contributed by atoms with Gasteiger partial charge in [-0.05, 0) is 30.9 Å².